The molecule has 0 fully saturated rings. The molecule has 0 aliphatic carbocycles. The maximum absolute atomic E-state index is 12.8. The van der Waals surface area contributed by atoms with Crippen LogP contribution < -0.4 is 10.5 Å². The van der Waals surface area contributed by atoms with Gasteiger partial charge in [-0.2, -0.15) is 0 Å². The summed E-state index contributed by atoms with van der Waals surface area (Å²) >= 11 is 0. The molecule has 0 saturated carbocycles. The first kappa shape index (κ1) is 20.0. The van der Waals surface area contributed by atoms with E-state index in [4.69, 9.17) is 4.42 Å². The Hall–Kier alpha value is -3.26. The molecule has 4 aromatic rings. The molecule has 4 rings (SSSR count). The molecular formula is C22H27N6O2+. The third-order valence-electron chi connectivity index (χ3n) is 5.10. The second kappa shape index (κ2) is 7.87. The number of pyridine rings is 1. The Balaban J connectivity index is 1.66. The lowest BCUT2D eigenvalue weighted by Gasteiger charge is -2.22. The number of hydrogen-bond donors (Lipinski definition) is 2. The van der Waals surface area contributed by atoms with Crippen molar-refractivity contribution in [3.63, 3.8) is 0 Å². The highest BCUT2D eigenvalue weighted by Crippen LogP contribution is 2.14. The molecule has 0 bridgehead atoms. The highest BCUT2D eigenvalue weighted by molar-refractivity contribution is 5.79. The Labute approximate surface area is 174 Å². The third kappa shape index (κ3) is 4.33. The van der Waals surface area contributed by atoms with Gasteiger partial charge in [0.2, 0.25) is 5.82 Å². The van der Waals surface area contributed by atoms with E-state index >= 15 is 0 Å². The van der Waals surface area contributed by atoms with Crippen LogP contribution in [0.1, 0.15) is 43.5 Å². The molecular weight excluding hydrogens is 380 g/mol. The summed E-state index contributed by atoms with van der Waals surface area (Å²) in [6.45, 7) is 9.92. The predicted octanol–water partition coefficient (Wildman–Crippen LogP) is 1.96. The van der Waals surface area contributed by atoms with Crippen molar-refractivity contribution in [3.05, 3.63) is 75.7 Å². The Morgan fingerprint density at radius 3 is 2.70 bits per heavy atom. The zero-order valence-corrected chi connectivity index (χ0v) is 17.8. The van der Waals surface area contributed by atoms with Crippen LogP contribution in [-0.2, 0) is 25.2 Å². The smallest absolute Gasteiger partial charge is 0.257 e. The Morgan fingerprint density at radius 2 is 1.97 bits per heavy atom. The van der Waals surface area contributed by atoms with Gasteiger partial charge in [-0.3, -0.25) is 4.79 Å². The number of aromatic nitrogens is 5. The second-order valence-electron chi connectivity index (χ2n) is 8.75. The molecule has 1 unspecified atom stereocenters. The zero-order chi connectivity index (χ0) is 21.3. The van der Waals surface area contributed by atoms with E-state index < -0.39 is 0 Å². The van der Waals surface area contributed by atoms with Crippen LogP contribution in [0.3, 0.4) is 0 Å². The van der Waals surface area contributed by atoms with Crippen molar-refractivity contribution in [1.82, 2.24) is 25.2 Å². The highest BCUT2D eigenvalue weighted by atomic mass is 16.3. The molecule has 0 aliphatic heterocycles. The predicted molar refractivity (Wildman–Crippen MR) is 113 cm³/mol. The van der Waals surface area contributed by atoms with Crippen molar-refractivity contribution in [2.24, 2.45) is 0 Å². The summed E-state index contributed by atoms with van der Waals surface area (Å²) in [5.74, 6) is 1.63. The first-order valence-corrected chi connectivity index (χ1v) is 10.1. The zero-order valence-electron chi connectivity index (χ0n) is 17.8. The van der Waals surface area contributed by atoms with Gasteiger partial charge >= 0.3 is 0 Å². The summed E-state index contributed by atoms with van der Waals surface area (Å²) in [5.41, 5.74) is 2.40. The largest absolute Gasteiger partial charge is 0.463 e. The van der Waals surface area contributed by atoms with Crippen LogP contribution in [0.25, 0.3) is 10.9 Å². The molecule has 0 saturated heterocycles. The van der Waals surface area contributed by atoms with Crippen LogP contribution >= 0.6 is 0 Å². The number of aryl methyl sites for hydroxylation is 1. The van der Waals surface area contributed by atoms with E-state index in [1.165, 1.54) is 0 Å². The maximum Gasteiger partial charge on any atom is 0.257 e. The molecule has 8 heteroatoms. The third-order valence-corrected chi connectivity index (χ3v) is 5.10. The molecule has 0 aliphatic rings. The van der Waals surface area contributed by atoms with Gasteiger partial charge in [-0.05, 0) is 73.3 Å². The van der Waals surface area contributed by atoms with Crippen LogP contribution in [0.5, 0.6) is 0 Å². The van der Waals surface area contributed by atoms with Crippen molar-refractivity contribution in [3.8, 4) is 0 Å². The number of nitrogens with zero attached hydrogens (tertiary/aromatic N) is 4. The van der Waals surface area contributed by atoms with Crippen molar-refractivity contribution < 1.29 is 9.32 Å². The molecule has 30 heavy (non-hydrogen) atoms. The minimum Gasteiger partial charge on any atom is -0.463 e. The highest BCUT2D eigenvalue weighted by Gasteiger charge is 2.24. The summed E-state index contributed by atoms with van der Waals surface area (Å²) in [5, 5.41) is 13.3. The van der Waals surface area contributed by atoms with Crippen LogP contribution in [0.4, 0.5) is 0 Å². The van der Waals surface area contributed by atoms with E-state index in [1.54, 1.807) is 6.26 Å². The fourth-order valence-electron chi connectivity index (χ4n) is 3.67. The van der Waals surface area contributed by atoms with Gasteiger partial charge in [0, 0.05) is 5.52 Å². The number of hydrogen-bond acceptors (Lipinski definition) is 5. The van der Waals surface area contributed by atoms with Gasteiger partial charge in [0.05, 0.1) is 17.4 Å². The molecule has 3 heterocycles. The second-order valence-corrected chi connectivity index (χ2v) is 8.75. The molecule has 1 aromatic carbocycles. The number of fused-ring (bicyclic) bond motifs is 1. The Morgan fingerprint density at radius 1 is 1.13 bits per heavy atom. The number of tetrazole rings is 1. The van der Waals surface area contributed by atoms with Crippen molar-refractivity contribution in [2.45, 2.75) is 52.9 Å². The van der Waals surface area contributed by atoms with Gasteiger partial charge in [-0.25, -0.2) is 4.68 Å². The van der Waals surface area contributed by atoms with Gasteiger partial charge in [-0.15, -0.1) is 5.10 Å². The molecule has 0 amide bonds. The van der Waals surface area contributed by atoms with Gasteiger partial charge in [0.25, 0.3) is 5.56 Å². The number of H-pyrrole nitrogens is 1. The quantitative estimate of drug-likeness (QED) is 0.510. The lowest BCUT2D eigenvalue weighted by molar-refractivity contribution is -0.942. The SMILES string of the molecule is Cc1ccc2cc(C[NH+](Cc3ccco3)Cc3nnnn3C(C)(C)C)c(=O)[nH]c2c1. The lowest BCUT2D eigenvalue weighted by atomic mass is 10.1. The molecule has 0 spiro atoms. The lowest BCUT2D eigenvalue weighted by Crippen LogP contribution is -3.08. The minimum atomic E-state index is -0.229. The van der Waals surface area contributed by atoms with E-state index in [0.29, 0.717) is 19.6 Å². The van der Waals surface area contributed by atoms with Crippen molar-refractivity contribution >= 4 is 10.9 Å². The summed E-state index contributed by atoms with van der Waals surface area (Å²) in [4.78, 5) is 16.9. The average molecular weight is 407 g/mol. The Kier molecular flexibility index (Phi) is 5.26. The number of nitrogens with one attached hydrogen (secondary N) is 2. The summed E-state index contributed by atoms with van der Waals surface area (Å²) in [6, 6.07) is 11.9. The fourth-order valence-corrected chi connectivity index (χ4v) is 3.67. The molecule has 1 atom stereocenters. The number of rotatable bonds is 6. The minimum absolute atomic E-state index is 0.0690. The molecule has 2 N–H and O–H groups in total. The average Bonchev–Trinajstić information content (AvgIpc) is 3.34. The molecule has 8 nitrogen and oxygen atoms in total. The van der Waals surface area contributed by atoms with E-state index in [-0.39, 0.29) is 11.1 Å². The molecule has 3 aromatic heterocycles. The van der Waals surface area contributed by atoms with Gasteiger partial charge < -0.3 is 14.3 Å². The first-order valence-electron chi connectivity index (χ1n) is 10.1. The number of furan rings is 1. The van der Waals surface area contributed by atoms with Crippen molar-refractivity contribution in [1.29, 1.82) is 0 Å². The van der Waals surface area contributed by atoms with Crippen LogP contribution in [0.2, 0.25) is 0 Å². The van der Waals surface area contributed by atoms with Crippen molar-refractivity contribution in [2.75, 3.05) is 0 Å². The Bertz CT molecular complexity index is 1200. The summed E-state index contributed by atoms with van der Waals surface area (Å²) < 4.78 is 7.40. The fraction of sp³-hybridized carbons (Fsp3) is 0.364. The standard InChI is InChI=1S/C22H26N6O2/c1-15-7-8-16-11-17(21(29)23-19(16)10-15)12-27(13-18-6-5-9-30-18)14-20-24-25-26-28(20)22(2,3)4/h5-11H,12-14H2,1-4H3,(H,23,29)/p+1. The van der Waals surface area contributed by atoms with Crippen LogP contribution in [0.15, 0.2) is 51.9 Å². The van der Waals surface area contributed by atoms with E-state index in [1.807, 2.05) is 41.9 Å². The maximum atomic E-state index is 12.8. The number of quaternary nitrogens is 1. The van der Waals surface area contributed by atoms with Gasteiger partial charge in [0.1, 0.15) is 19.6 Å². The van der Waals surface area contributed by atoms with E-state index in [9.17, 15) is 4.79 Å². The number of aromatic amines is 1. The summed E-state index contributed by atoms with van der Waals surface area (Å²) in [6.07, 6.45) is 1.66. The van der Waals surface area contributed by atoms with Crippen LogP contribution in [-0.4, -0.2) is 25.2 Å². The topological polar surface area (TPSA) is 94.0 Å². The normalized spacial score (nSPS) is 13.1. The monoisotopic (exact) mass is 407 g/mol. The van der Waals surface area contributed by atoms with Gasteiger partial charge in [-0.1, -0.05) is 12.1 Å². The number of benzene rings is 1. The van der Waals surface area contributed by atoms with Crippen LogP contribution in [0, 0.1) is 6.92 Å². The first-order chi connectivity index (χ1) is 14.3. The molecule has 156 valence electrons. The molecule has 0 radical (unpaired) electrons. The van der Waals surface area contributed by atoms with E-state index in [0.717, 1.165) is 38.5 Å². The summed E-state index contributed by atoms with van der Waals surface area (Å²) in [7, 11) is 0. The van der Waals surface area contributed by atoms with E-state index in [2.05, 4.69) is 47.3 Å². The van der Waals surface area contributed by atoms with Gasteiger partial charge in [0.15, 0.2) is 5.76 Å².